The van der Waals surface area contributed by atoms with Crippen LogP contribution in [0.4, 0.5) is 0 Å². The summed E-state index contributed by atoms with van der Waals surface area (Å²) in [5.41, 5.74) is 0. The number of aromatic amines is 1. The average molecular weight is 202 g/mol. The molecule has 1 aromatic rings. The molecule has 2 heterocycles. The minimum atomic E-state index is -3.39. The van der Waals surface area contributed by atoms with E-state index in [1.807, 2.05) is 0 Å². The summed E-state index contributed by atoms with van der Waals surface area (Å²) in [4.78, 5) is 0. The molecule has 1 fully saturated rings. The zero-order chi connectivity index (χ0) is 9.31. The van der Waals surface area contributed by atoms with Gasteiger partial charge in [0.05, 0.1) is 6.20 Å². The fraction of sp³-hybridized carbons (Fsp3) is 0.500. The molecular formula is C6H10N4O2S. The van der Waals surface area contributed by atoms with Gasteiger partial charge in [0.25, 0.3) is 10.0 Å². The topological polar surface area (TPSA) is 86.9 Å². The summed E-state index contributed by atoms with van der Waals surface area (Å²) in [6, 6.07) is 1.43. The largest absolute Gasteiger partial charge is 0.313 e. The van der Waals surface area contributed by atoms with Gasteiger partial charge >= 0.3 is 0 Å². The molecule has 2 rings (SSSR count). The van der Waals surface area contributed by atoms with E-state index < -0.39 is 10.0 Å². The van der Waals surface area contributed by atoms with Crippen LogP contribution in [-0.4, -0.2) is 37.7 Å². The summed E-state index contributed by atoms with van der Waals surface area (Å²) in [6.07, 6.45) is 1.41. The van der Waals surface area contributed by atoms with Gasteiger partial charge in [0.2, 0.25) is 0 Å². The molecule has 1 aromatic heterocycles. The van der Waals surface area contributed by atoms with Crippen molar-refractivity contribution in [3.63, 3.8) is 0 Å². The van der Waals surface area contributed by atoms with Crippen molar-refractivity contribution in [2.24, 2.45) is 0 Å². The molecule has 0 radical (unpaired) electrons. The van der Waals surface area contributed by atoms with E-state index in [0.717, 1.165) is 0 Å². The first-order valence-electron chi connectivity index (χ1n) is 3.91. The number of nitrogens with zero attached hydrogens (tertiary/aromatic N) is 1. The van der Waals surface area contributed by atoms with Crippen LogP contribution in [0.15, 0.2) is 17.3 Å². The van der Waals surface area contributed by atoms with E-state index in [-0.39, 0.29) is 11.1 Å². The second-order valence-corrected chi connectivity index (χ2v) is 4.58. The Labute approximate surface area is 75.8 Å². The minimum absolute atomic E-state index is 0.00769. The molecule has 0 unspecified atom stereocenters. The molecule has 7 heteroatoms. The van der Waals surface area contributed by atoms with E-state index in [2.05, 4.69) is 20.2 Å². The van der Waals surface area contributed by atoms with E-state index in [4.69, 9.17) is 0 Å². The van der Waals surface area contributed by atoms with Gasteiger partial charge in [-0.25, -0.2) is 13.1 Å². The van der Waals surface area contributed by atoms with Crippen LogP contribution in [0.1, 0.15) is 0 Å². The molecule has 13 heavy (non-hydrogen) atoms. The summed E-state index contributed by atoms with van der Waals surface area (Å²) in [7, 11) is -3.39. The van der Waals surface area contributed by atoms with Crippen molar-refractivity contribution < 1.29 is 8.42 Å². The lowest BCUT2D eigenvalue weighted by Crippen LogP contribution is -2.56. The first-order valence-corrected chi connectivity index (χ1v) is 5.39. The van der Waals surface area contributed by atoms with Crippen LogP contribution >= 0.6 is 0 Å². The molecule has 72 valence electrons. The van der Waals surface area contributed by atoms with E-state index in [9.17, 15) is 8.42 Å². The van der Waals surface area contributed by atoms with Crippen molar-refractivity contribution in [1.82, 2.24) is 20.2 Å². The molecule has 3 N–H and O–H groups in total. The molecule has 0 bridgehead atoms. The van der Waals surface area contributed by atoms with Crippen LogP contribution in [0.3, 0.4) is 0 Å². The second-order valence-electron chi connectivity index (χ2n) is 2.90. The molecule has 0 aromatic carbocycles. The third kappa shape index (κ3) is 1.71. The standard InChI is InChI=1S/C6H10N4O2S/c11-13(12,6-1-2-8-9-6)10-5-3-7-4-5/h1-2,5,7,10H,3-4H2,(H,8,9). The quantitative estimate of drug-likeness (QED) is 0.566. The fourth-order valence-corrected chi connectivity index (χ4v) is 2.19. The molecule has 6 nitrogen and oxygen atoms in total. The van der Waals surface area contributed by atoms with Gasteiger partial charge in [-0.3, -0.25) is 5.10 Å². The van der Waals surface area contributed by atoms with E-state index >= 15 is 0 Å². The van der Waals surface area contributed by atoms with Crippen LogP contribution in [0, 0.1) is 0 Å². The van der Waals surface area contributed by atoms with Crippen molar-refractivity contribution in [2.75, 3.05) is 13.1 Å². The lowest BCUT2D eigenvalue weighted by atomic mass is 10.2. The summed E-state index contributed by atoms with van der Waals surface area (Å²) in [5, 5.41) is 9.08. The number of hydrogen-bond donors (Lipinski definition) is 3. The Hall–Kier alpha value is -0.920. The van der Waals surface area contributed by atoms with Gasteiger partial charge in [-0.05, 0) is 6.07 Å². The van der Waals surface area contributed by atoms with Crippen molar-refractivity contribution in [3.05, 3.63) is 12.3 Å². The maximum Gasteiger partial charge on any atom is 0.257 e. The van der Waals surface area contributed by atoms with Gasteiger partial charge in [-0.1, -0.05) is 0 Å². The van der Waals surface area contributed by atoms with Crippen molar-refractivity contribution >= 4 is 10.0 Å². The van der Waals surface area contributed by atoms with E-state index in [0.29, 0.717) is 13.1 Å². The SMILES string of the molecule is O=S(=O)(NC1CNC1)c1ccn[nH]1. The number of hydrogen-bond acceptors (Lipinski definition) is 4. The highest BCUT2D eigenvalue weighted by Crippen LogP contribution is 2.04. The van der Waals surface area contributed by atoms with Gasteiger partial charge in [0.15, 0.2) is 5.03 Å². The van der Waals surface area contributed by atoms with Crippen molar-refractivity contribution in [3.8, 4) is 0 Å². The fourth-order valence-electron chi connectivity index (χ4n) is 1.05. The molecule has 0 spiro atoms. The Morgan fingerprint density at radius 2 is 2.31 bits per heavy atom. The Morgan fingerprint density at radius 1 is 1.54 bits per heavy atom. The number of nitrogens with one attached hydrogen (secondary N) is 3. The summed E-state index contributed by atoms with van der Waals surface area (Å²) in [5.74, 6) is 0. The highest BCUT2D eigenvalue weighted by atomic mass is 32.2. The summed E-state index contributed by atoms with van der Waals surface area (Å²) >= 11 is 0. The first-order chi connectivity index (χ1) is 6.18. The predicted molar refractivity (Wildman–Crippen MR) is 45.6 cm³/mol. The summed E-state index contributed by atoms with van der Waals surface area (Å²) in [6.45, 7) is 1.38. The van der Waals surface area contributed by atoms with Crippen LogP contribution in [0.25, 0.3) is 0 Å². The Balaban J connectivity index is 2.12. The van der Waals surface area contributed by atoms with Gasteiger partial charge in [0, 0.05) is 19.1 Å². The predicted octanol–water partition coefficient (Wildman–Crippen LogP) is -1.34. The summed E-state index contributed by atoms with van der Waals surface area (Å²) < 4.78 is 25.5. The molecule has 0 amide bonds. The van der Waals surface area contributed by atoms with E-state index in [1.165, 1.54) is 12.3 Å². The van der Waals surface area contributed by atoms with Crippen molar-refractivity contribution in [1.29, 1.82) is 0 Å². The lowest BCUT2D eigenvalue weighted by Gasteiger charge is -2.27. The van der Waals surface area contributed by atoms with Crippen molar-refractivity contribution in [2.45, 2.75) is 11.1 Å². The Morgan fingerprint density at radius 3 is 2.77 bits per heavy atom. The van der Waals surface area contributed by atoms with Gasteiger partial charge < -0.3 is 5.32 Å². The molecule has 0 saturated carbocycles. The molecule has 0 atom stereocenters. The lowest BCUT2D eigenvalue weighted by molar-refractivity contribution is 0.409. The molecule has 1 saturated heterocycles. The zero-order valence-electron chi connectivity index (χ0n) is 6.82. The normalized spacial score (nSPS) is 18.5. The maximum atomic E-state index is 11.5. The third-order valence-electron chi connectivity index (χ3n) is 1.87. The molecule has 1 aliphatic heterocycles. The van der Waals surface area contributed by atoms with Gasteiger partial charge in [0.1, 0.15) is 0 Å². The smallest absolute Gasteiger partial charge is 0.257 e. The van der Waals surface area contributed by atoms with Crippen LogP contribution in [0.2, 0.25) is 0 Å². The van der Waals surface area contributed by atoms with Crippen LogP contribution in [0.5, 0.6) is 0 Å². The number of aromatic nitrogens is 2. The monoisotopic (exact) mass is 202 g/mol. The Bertz CT molecular complexity index is 367. The van der Waals surface area contributed by atoms with Crippen LogP contribution in [-0.2, 0) is 10.0 Å². The highest BCUT2D eigenvalue weighted by molar-refractivity contribution is 7.89. The third-order valence-corrected chi connectivity index (χ3v) is 3.32. The maximum absolute atomic E-state index is 11.5. The minimum Gasteiger partial charge on any atom is -0.313 e. The molecule has 0 aliphatic carbocycles. The highest BCUT2D eigenvalue weighted by Gasteiger charge is 2.24. The zero-order valence-corrected chi connectivity index (χ0v) is 7.63. The number of H-pyrrole nitrogens is 1. The Kier molecular flexibility index (Phi) is 2.06. The van der Waals surface area contributed by atoms with E-state index in [1.54, 1.807) is 0 Å². The molecular weight excluding hydrogens is 192 g/mol. The van der Waals surface area contributed by atoms with Crippen LogP contribution < -0.4 is 10.0 Å². The second kappa shape index (κ2) is 3.09. The van der Waals surface area contributed by atoms with Gasteiger partial charge in [-0.2, -0.15) is 5.10 Å². The molecule has 1 aliphatic rings. The number of sulfonamides is 1. The number of rotatable bonds is 3. The average Bonchev–Trinajstić information content (AvgIpc) is 2.49. The van der Waals surface area contributed by atoms with Gasteiger partial charge in [-0.15, -0.1) is 0 Å². The first kappa shape index (κ1) is 8.67.